The van der Waals surface area contributed by atoms with Gasteiger partial charge in [0.25, 0.3) is 0 Å². The Morgan fingerprint density at radius 1 is 0.714 bits per heavy atom. The minimum absolute atomic E-state index is 0.0776. The van der Waals surface area contributed by atoms with Gasteiger partial charge in [0.15, 0.2) is 0 Å². The van der Waals surface area contributed by atoms with Crippen LogP contribution in [0.2, 0.25) is 0 Å². The number of carbonyl (C=O) groups is 1. The third-order valence-electron chi connectivity index (χ3n) is 9.21. The third-order valence-corrected chi connectivity index (χ3v) is 11.9. The van der Waals surface area contributed by atoms with Gasteiger partial charge in [0, 0.05) is 5.69 Å². The summed E-state index contributed by atoms with van der Waals surface area (Å²) in [5.41, 5.74) is 3.18. The van der Waals surface area contributed by atoms with Crippen molar-refractivity contribution >= 4 is 45.1 Å². The molecule has 2 atom stereocenters. The van der Waals surface area contributed by atoms with Gasteiger partial charge < -0.3 is 16.0 Å². The zero-order valence-corrected chi connectivity index (χ0v) is 32.5. The molecule has 260 valence electrons. The van der Waals surface area contributed by atoms with Crippen molar-refractivity contribution in [1.82, 2.24) is 4.90 Å². The maximum atomic E-state index is 12.8. The van der Waals surface area contributed by atoms with Crippen molar-refractivity contribution < 1.29 is 22.1 Å². The molecule has 8 heteroatoms. The molecule has 2 unspecified atom stereocenters. The normalized spacial score (nSPS) is 17.3. The molecule has 2 aliphatic rings. The van der Waals surface area contributed by atoms with E-state index in [4.69, 9.17) is 10.6 Å². The van der Waals surface area contributed by atoms with Crippen LogP contribution in [0.1, 0.15) is 56.1 Å². The molecule has 0 bridgehead atoms. The third kappa shape index (κ3) is 13.3. The van der Waals surface area contributed by atoms with Gasteiger partial charge in [-0.1, -0.05) is 118 Å². The molecule has 4 aromatic rings. The minimum atomic E-state index is -0.877. The van der Waals surface area contributed by atoms with Gasteiger partial charge in [-0.05, 0) is 74.5 Å². The van der Waals surface area contributed by atoms with E-state index in [9.17, 15) is 4.79 Å². The van der Waals surface area contributed by atoms with Crippen molar-refractivity contribution in [2.24, 2.45) is 0 Å². The van der Waals surface area contributed by atoms with Crippen molar-refractivity contribution in [2.75, 3.05) is 38.0 Å². The summed E-state index contributed by atoms with van der Waals surface area (Å²) in [7, 11) is 3.69. The van der Waals surface area contributed by atoms with Gasteiger partial charge in [-0.15, -0.1) is 25.2 Å². The number of nitrogens with zero attached hydrogens (tertiary/aromatic N) is 3. The van der Waals surface area contributed by atoms with Crippen LogP contribution >= 0.6 is 17.6 Å². The molecule has 2 heterocycles. The first-order valence-electron chi connectivity index (χ1n) is 17.6. The van der Waals surface area contributed by atoms with E-state index in [1.54, 1.807) is 0 Å². The maximum absolute atomic E-state index is 12.8. The number of piperidine rings is 2. The van der Waals surface area contributed by atoms with E-state index in [-0.39, 0.29) is 5.91 Å². The Labute approximate surface area is 310 Å². The standard InChI is InChI=1S/C23H36N4O.C18H15P.ClH.Ru/c1-18-8-7-9-19(2)23(18)26-22(28)17-27(16-21-11-4-6-14-25-21)15-12-20-10-3-5-13-24-20;1-4-10-16(11-5-1)19(17-12-6-2-7-13-17)18-14-8-3-9-15-18;;/h7-9,20-21H,3-6,10-17H2,1-2H3,(H,26,28);1-15H;1H;/q-2;;;+4. The van der Waals surface area contributed by atoms with Crippen LogP contribution < -0.4 is 21.2 Å². The first-order valence-corrected chi connectivity index (χ1v) is 21.4. The first kappa shape index (κ1) is 39.4. The van der Waals surface area contributed by atoms with E-state index in [1.807, 2.05) is 49.4 Å². The molecular formula is C41H52ClN4OPRu+2. The number of hydrogen-bond donors (Lipinski definition) is 1. The summed E-state index contributed by atoms with van der Waals surface area (Å²) in [5.74, 6) is 0.0776. The van der Waals surface area contributed by atoms with Gasteiger partial charge in [-0.3, -0.25) is 9.69 Å². The molecule has 2 aliphatic heterocycles. The second-order valence-electron chi connectivity index (χ2n) is 12.9. The molecule has 4 aromatic carbocycles. The molecular weight excluding hydrogens is 732 g/mol. The average Bonchev–Trinajstić information content (AvgIpc) is 3.16. The van der Waals surface area contributed by atoms with Gasteiger partial charge >= 0.3 is 27.0 Å². The molecule has 1 N–H and O–H groups in total. The number of carbonyl (C=O) groups excluding carboxylic acids is 1. The zero-order chi connectivity index (χ0) is 34.7. The Morgan fingerprint density at radius 2 is 1.18 bits per heavy atom. The number of benzene rings is 4. The largest absolute Gasteiger partial charge is 0.102 e. The van der Waals surface area contributed by atoms with Crippen LogP contribution in [0.25, 0.3) is 10.6 Å². The van der Waals surface area contributed by atoms with Crippen LogP contribution in [0.4, 0.5) is 5.69 Å². The van der Waals surface area contributed by atoms with E-state index in [0.717, 1.165) is 55.8 Å². The molecule has 0 aliphatic carbocycles. The van der Waals surface area contributed by atoms with E-state index >= 15 is 0 Å². The van der Waals surface area contributed by atoms with E-state index < -0.39 is 7.92 Å². The summed E-state index contributed by atoms with van der Waals surface area (Å²) in [6.45, 7) is 8.35. The fourth-order valence-electron chi connectivity index (χ4n) is 6.67. The fourth-order valence-corrected chi connectivity index (χ4v) is 9.25. The second-order valence-corrected chi connectivity index (χ2v) is 15.4. The van der Waals surface area contributed by atoms with Gasteiger partial charge in [0.2, 0.25) is 5.91 Å². The van der Waals surface area contributed by atoms with Crippen molar-refractivity contribution in [3.8, 4) is 0 Å². The van der Waals surface area contributed by atoms with Crippen LogP contribution in [0, 0.1) is 13.8 Å². The average molecular weight is 784 g/mol. The number of anilines is 1. The van der Waals surface area contributed by atoms with Crippen LogP contribution in [-0.2, 0) is 22.1 Å². The maximum Gasteiger partial charge on any atom is 0.102 e. The number of nitrogens with one attached hydrogen (secondary N) is 1. The Hall–Kier alpha value is -2.43. The smallest absolute Gasteiger partial charge is 0.0620 e. The molecule has 0 spiro atoms. The summed E-state index contributed by atoms with van der Waals surface area (Å²) in [4.78, 5) is 15.1. The van der Waals surface area contributed by atoms with Crippen molar-refractivity contribution in [1.29, 1.82) is 0 Å². The summed E-state index contributed by atoms with van der Waals surface area (Å²) in [5, 5.41) is 17.0. The number of hydrogen-bond acceptors (Lipinski definition) is 2. The number of aryl methyl sites for hydroxylation is 2. The van der Waals surface area contributed by atoms with Gasteiger partial charge in [0.05, 0.1) is 14.5 Å². The molecule has 6 rings (SSSR count). The molecule has 2 fully saturated rings. The van der Waals surface area contributed by atoms with Crippen LogP contribution in [0.3, 0.4) is 0 Å². The monoisotopic (exact) mass is 784 g/mol. The van der Waals surface area contributed by atoms with E-state index in [0.29, 0.717) is 18.6 Å². The van der Waals surface area contributed by atoms with Crippen LogP contribution in [0.5, 0.6) is 0 Å². The van der Waals surface area contributed by atoms with Gasteiger partial charge in [-0.2, -0.15) is 0 Å². The van der Waals surface area contributed by atoms with Crippen molar-refractivity contribution in [3.05, 3.63) is 131 Å². The predicted molar refractivity (Wildman–Crippen MR) is 210 cm³/mol. The molecule has 0 saturated carbocycles. The fraction of sp³-hybridized carbons (Fsp3) is 0.390. The van der Waals surface area contributed by atoms with Crippen molar-refractivity contribution in [2.45, 2.75) is 70.9 Å². The van der Waals surface area contributed by atoms with Crippen LogP contribution in [-0.4, -0.2) is 55.6 Å². The Balaban J connectivity index is 0.000000224. The molecule has 49 heavy (non-hydrogen) atoms. The Kier molecular flexibility index (Phi) is 18.0. The first-order chi connectivity index (χ1) is 24.1. The molecule has 0 radical (unpaired) electrons. The van der Waals surface area contributed by atoms with Gasteiger partial charge in [-0.25, -0.2) is 0 Å². The van der Waals surface area contributed by atoms with Gasteiger partial charge in [0.1, 0.15) is 15.9 Å². The summed E-state index contributed by atoms with van der Waals surface area (Å²) < 4.78 is 0. The second kappa shape index (κ2) is 22.4. The van der Waals surface area contributed by atoms with Crippen molar-refractivity contribution in [3.63, 3.8) is 0 Å². The predicted octanol–water partition coefficient (Wildman–Crippen LogP) is 8.65. The quantitative estimate of drug-likeness (QED) is 0.122. The van der Waals surface area contributed by atoms with Crippen LogP contribution in [0.15, 0.2) is 109 Å². The molecule has 5 nitrogen and oxygen atoms in total. The molecule has 0 aromatic heterocycles. The minimum Gasteiger partial charge on any atom is -0.0620 e. The Bertz CT molecular complexity index is 1370. The molecule has 2 saturated heterocycles. The number of para-hydroxylation sites is 1. The summed E-state index contributed by atoms with van der Waals surface area (Å²) in [6, 6.07) is 39.5. The summed E-state index contributed by atoms with van der Waals surface area (Å²) >= 11 is 1.82. The van der Waals surface area contributed by atoms with E-state index in [1.165, 1.54) is 48.0 Å². The number of halogens is 1. The molecule has 1 amide bonds. The number of rotatable bonds is 11. The topological polar surface area (TPSA) is 60.5 Å². The number of amides is 1. The summed E-state index contributed by atoms with van der Waals surface area (Å²) in [6.07, 6.45) is 8.42. The zero-order valence-electron chi connectivity index (χ0n) is 29.0. The Morgan fingerprint density at radius 3 is 1.63 bits per heavy atom. The SMILES string of the molecule is Cc1cccc(C)c1NC(=O)CN(CCC1CCCC[N-]1)CC1CCCC[N-]1.[Cl][Ru+3].c1ccc([PH+](c2ccccc2)c2ccccc2)cc1. The van der Waals surface area contributed by atoms with E-state index in [2.05, 4.69) is 111 Å².